The number of halogens is 2. The molecule has 4 aromatic rings. The summed E-state index contributed by atoms with van der Waals surface area (Å²) in [5.74, 6) is -0.545. The molecule has 3 aromatic carbocycles. The van der Waals surface area contributed by atoms with Crippen LogP contribution in [-0.2, 0) is 19.1 Å². The molecule has 2 heterocycles. The van der Waals surface area contributed by atoms with Crippen LogP contribution in [0.5, 0.6) is 5.75 Å². The first-order valence-corrected chi connectivity index (χ1v) is 16.4. The summed E-state index contributed by atoms with van der Waals surface area (Å²) in [5.41, 5.74) is 2.57. The molecule has 0 unspecified atom stereocenters. The molecule has 1 aliphatic heterocycles. The molecule has 0 bridgehead atoms. The van der Waals surface area contributed by atoms with Gasteiger partial charge in [0.15, 0.2) is 11.4 Å². The van der Waals surface area contributed by atoms with Crippen molar-refractivity contribution in [2.75, 3.05) is 19.8 Å². The van der Waals surface area contributed by atoms with Crippen LogP contribution in [0.2, 0.25) is 0 Å². The molecule has 1 aliphatic rings. The third kappa shape index (κ3) is 6.78. The molecule has 0 fully saturated rings. The van der Waals surface area contributed by atoms with Crippen molar-refractivity contribution >= 4 is 80.2 Å². The molecule has 8 nitrogen and oxygen atoms in total. The number of carbonyl (C=O) groups is 2. The van der Waals surface area contributed by atoms with E-state index in [0.29, 0.717) is 31.9 Å². The number of ether oxygens (including phenoxy) is 3. The zero-order chi connectivity index (χ0) is 30.5. The number of carbonyl (C=O) groups excluding carboxylic acids is 2. The number of aromatic nitrogens is 1. The third-order valence-electron chi connectivity index (χ3n) is 6.45. The van der Waals surface area contributed by atoms with Crippen LogP contribution in [0.15, 0.2) is 88.2 Å². The van der Waals surface area contributed by atoms with E-state index in [1.165, 1.54) is 11.3 Å². The molecule has 0 saturated heterocycles. The van der Waals surface area contributed by atoms with Crippen molar-refractivity contribution in [2.24, 2.45) is 4.99 Å². The molecule has 11 heteroatoms. The van der Waals surface area contributed by atoms with Gasteiger partial charge in [0.25, 0.3) is 5.56 Å². The molecular weight excluding hydrogens is 794 g/mol. The maximum Gasteiger partial charge on any atom is 0.344 e. The molecule has 5 rings (SSSR count). The maximum atomic E-state index is 14.2. The Bertz CT molecular complexity index is 1880. The predicted molar refractivity (Wildman–Crippen MR) is 182 cm³/mol. The lowest BCUT2D eigenvalue weighted by Crippen LogP contribution is -2.40. The molecule has 1 aromatic heterocycles. The minimum Gasteiger partial charge on any atom is -0.480 e. The van der Waals surface area contributed by atoms with Gasteiger partial charge >= 0.3 is 11.9 Å². The minimum absolute atomic E-state index is 0.177. The Morgan fingerprint density at radius 3 is 2.33 bits per heavy atom. The summed E-state index contributed by atoms with van der Waals surface area (Å²) >= 11 is 5.57. The second-order valence-corrected chi connectivity index (χ2v) is 12.7. The van der Waals surface area contributed by atoms with Crippen molar-refractivity contribution in [1.29, 1.82) is 0 Å². The number of hydrogen-bond acceptors (Lipinski definition) is 8. The zero-order valence-electron chi connectivity index (χ0n) is 23.2. The topological polar surface area (TPSA) is 96.2 Å². The van der Waals surface area contributed by atoms with E-state index in [4.69, 9.17) is 19.2 Å². The van der Waals surface area contributed by atoms with Crippen LogP contribution in [0.1, 0.15) is 36.6 Å². The average Bonchev–Trinajstić information content (AvgIpc) is 3.31. The standard InChI is InChI=1S/C32H26I2N2O6S/c1-3-40-25(37)18-42-29-21(15-22(33)17-23(29)34)16-24-30(38)36-28(20-13-9-6-10-14-20)26(31(39)41-4-2)27(35-32(36)43-24)19-11-7-5-8-12-19/h5-17,28H,3-4,18H2,1-2H3/b24-16-/t28-/m0/s1. The lowest BCUT2D eigenvalue weighted by atomic mass is 9.93. The van der Waals surface area contributed by atoms with Crippen LogP contribution in [0, 0.1) is 7.14 Å². The SMILES string of the molecule is CCOC(=O)COc1c(I)cc(I)cc1/C=c1\sc2n(c1=O)[C@@H](c1ccccc1)C(C(=O)OCC)=C(c1ccccc1)N=2. The van der Waals surface area contributed by atoms with E-state index in [1.54, 1.807) is 24.5 Å². The number of rotatable bonds is 9. The van der Waals surface area contributed by atoms with Gasteiger partial charge in [-0.05, 0) is 82.8 Å². The largest absolute Gasteiger partial charge is 0.480 e. The number of benzene rings is 3. The molecule has 0 radical (unpaired) electrons. The number of thiazole rings is 1. The first-order chi connectivity index (χ1) is 20.8. The van der Waals surface area contributed by atoms with Gasteiger partial charge in [0.1, 0.15) is 5.75 Å². The van der Waals surface area contributed by atoms with Gasteiger partial charge in [-0.15, -0.1) is 0 Å². The fourth-order valence-corrected chi connectivity index (χ4v) is 7.74. The van der Waals surface area contributed by atoms with Crippen molar-refractivity contribution in [2.45, 2.75) is 19.9 Å². The zero-order valence-corrected chi connectivity index (χ0v) is 28.3. The highest BCUT2D eigenvalue weighted by atomic mass is 127. The van der Waals surface area contributed by atoms with E-state index in [2.05, 4.69) is 45.2 Å². The van der Waals surface area contributed by atoms with Crippen LogP contribution in [0.25, 0.3) is 11.8 Å². The number of hydrogen-bond donors (Lipinski definition) is 0. The average molecular weight is 820 g/mol. The second kappa shape index (κ2) is 14.0. The maximum absolute atomic E-state index is 14.2. The van der Waals surface area contributed by atoms with Crippen molar-refractivity contribution in [3.05, 3.63) is 122 Å². The normalized spacial score (nSPS) is 14.6. The lowest BCUT2D eigenvalue weighted by Gasteiger charge is -2.25. The van der Waals surface area contributed by atoms with Crippen LogP contribution >= 0.6 is 56.5 Å². The monoisotopic (exact) mass is 820 g/mol. The van der Waals surface area contributed by atoms with Crippen molar-refractivity contribution < 1.29 is 23.8 Å². The molecule has 220 valence electrons. The molecule has 0 saturated carbocycles. The number of fused-ring (bicyclic) bond motifs is 1. The summed E-state index contributed by atoms with van der Waals surface area (Å²) in [6, 6.07) is 21.9. The summed E-state index contributed by atoms with van der Waals surface area (Å²) < 4.78 is 20.1. The first-order valence-electron chi connectivity index (χ1n) is 13.4. The molecule has 0 spiro atoms. The highest BCUT2D eigenvalue weighted by Crippen LogP contribution is 2.35. The van der Waals surface area contributed by atoms with E-state index in [0.717, 1.165) is 18.3 Å². The Morgan fingerprint density at radius 2 is 1.65 bits per heavy atom. The fourth-order valence-electron chi connectivity index (χ4n) is 4.71. The Balaban J connectivity index is 1.75. The first kappa shape index (κ1) is 31.1. The van der Waals surface area contributed by atoms with E-state index >= 15 is 0 Å². The van der Waals surface area contributed by atoms with Crippen LogP contribution in [0.3, 0.4) is 0 Å². The van der Waals surface area contributed by atoms with Crippen molar-refractivity contribution in [3.63, 3.8) is 0 Å². The molecular formula is C32H26I2N2O6S. The molecule has 1 atom stereocenters. The van der Waals surface area contributed by atoms with Gasteiger partial charge in [0, 0.05) is 14.7 Å². The van der Waals surface area contributed by atoms with Gasteiger partial charge in [-0.25, -0.2) is 14.6 Å². The third-order valence-corrected chi connectivity index (χ3v) is 8.86. The summed E-state index contributed by atoms with van der Waals surface area (Å²) in [7, 11) is 0. The Kier molecular flexibility index (Phi) is 10.1. The van der Waals surface area contributed by atoms with E-state index in [1.807, 2.05) is 72.8 Å². The van der Waals surface area contributed by atoms with Crippen LogP contribution < -0.4 is 19.6 Å². The van der Waals surface area contributed by atoms with Gasteiger partial charge in [-0.2, -0.15) is 0 Å². The summed E-state index contributed by atoms with van der Waals surface area (Å²) in [6.45, 7) is 3.65. The Hall–Kier alpha value is -3.30. The van der Waals surface area contributed by atoms with Crippen LogP contribution in [-0.4, -0.2) is 36.3 Å². The fraction of sp³-hybridized carbons (Fsp3) is 0.188. The quantitative estimate of drug-likeness (QED) is 0.173. The number of nitrogens with zero attached hydrogens (tertiary/aromatic N) is 2. The van der Waals surface area contributed by atoms with Gasteiger partial charge in [0.2, 0.25) is 0 Å². The number of esters is 2. The Labute approximate surface area is 279 Å². The van der Waals surface area contributed by atoms with Crippen molar-refractivity contribution in [3.8, 4) is 5.75 Å². The Morgan fingerprint density at radius 1 is 0.977 bits per heavy atom. The highest BCUT2D eigenvalue weighted by molar-refractivity contribution is 14.1. The predicted octanol–water partition coefficient (Wildman–Crippen LogP) is 5.09. The van der Waals surface area contributed by atoms with Crippen molar-refractivity contribution in [1.82, 2.24) is 4.57 Å². The van der Waals surface area contributed by atoms with E-state index in [-0.39, 0.29) is 25.4 Å². The summed E-state index contributed by atoms with van der Waals surface area (Å²) in [6.07, 6.45) is 1.74. The van der Waals surface area contributed by atoms with E-state index < -0.39 is 18.0 Å². The van der Waals surface area contributed by atoms with Gasteiger partial charge in [-0.3, -0.25) is 9.36 Å². The summed E-state index contributed by atoms with van der Waals surface area (Å²) in [4.78, 5) is 45.1. The van der Waals surface area contributed by atoms with Crippen LogP contribution in [0.4, 0.5) is 0 Å². The lowest BCUT2D eigenvalue weighted by molar-refractivity contribution is -0.145. The van der Waals surface area contributed by atoms with E-state index in [9.17, 15) is 14.4 Å². The molecule has 0 amide bonds. The smallest absolute Gasteiger partial charge is 0.344 e. The summed E-state index contributed by atoms with van der Waals surface area (Å²) in [5, 5.41) is 0. The van der Waals surface area contributed by atoms with Gasteiger partial charge in [-0.1, -0.05) is 72.0 Å². The molecule has 43 heavy (non-hydrogen) atoms. The molecule has 0 N–H and O–H groups in total. The van der Waals surface area contributed by atoms with Gasteiger partial charge in [0.05, 0.1) is 38.6 Å². The molecule has 0 aliphatic carbocycles. The minimum atomic E-state index is -0.760. The highest BCUT2D eigenvalue weighted by Gasteiger charge is 2.35. The second-order valence-electron chi connectivity index (χ2n) is 9.24. The van der Waals surface area contributed by atoms with Gasteiger partial charge < -0.3 is 14.2 Å².